The van der Waals surface area contributed by atoms with E-state index in [1.54, 1.807) is 35.6 Å². The fourth-order valence-electron chi connectivity index (χ4n) is 3.93. The zero-order chi connectivity index (χ0) is 21.1. The molecule has 0 aliphatic carbocycles. The van der Waals surface area contributed by atoms with Gasteiger partial charge in [-0.15, -0.1) is 11.3 Å². The molecule has 4 rings (SSSR count). The Kier molecular flexibility index (Phi) is 6.06. The summed E-state index contributed by atoms with van der Waals surface area (Å²) in [4.78, 5) is 32.7. The number of Topliss-reactive ketones (excluding diaryl/α,β-unsaturated/α-hetero) is 1. The van der Waals surface area contributed by atoms with Gasteiger partial charge >= 0.3 is 0 Å². The molecular weight excluding hydrogens is 396 g/mol. The zero-order valence-corrected chi connectivity index (χ0v) is 17.6. The van der Waals surface area contributed by atoms with E-state index in [1.165, 1.54) is 4.90 Å². The van der Waals surface area contributed by atoms with Crippen molar-refractivity contribution < 1.29 is 14.7 Å². The normalized spacial score (nSPS) is 18.5. The molecular formula is C24H24N2O3S. The number of hydrogen-bond donors (Lipinski definition) is 1. The molecule has 1 N–H and O–H groups in total. The first-order valence-electron chi connectivity index (χ1n) is 10.1. The monoisotopic (exact) mass is 420 g/mol. The van der Waals surface area contributed by atoms with Crippen LogP contribution in [0, 0.1) is 6.92 Å². The number of likely N-dealkylation sites (tertiary alicyclic amines) is 1. The van der Waals surface area contributed by atoms with Crippen LogP contribution in [0.25, 0.3) is 10.4 Å². The van der Waals surface area contributed by atoms with Gasteiger partial charge in [0.2, 0.25) is 0 Å². The van der Waals surface area contributed by atoms with Crippen LogP contribution in [0.3, 0.4) is 0 Å². The minimum atomic E-state index is -0.659. The summed E-state index contributed by atoms with van der Waals surface area (Å²) < 4.78 is 0. The Morgan fingerprint density at radius 2 is 1.87 bits per heavy atom. The SMILES string of the molecule is Cc1ncsc1-c1ccc(CCC(=O)[C@@H]2C[C@@H](O)CN2C(=O)c2ccccc2)cc1. The molecule has 6 heteroatoms. The van der Waals surface area contributed by atoms with Crippen LogP contribution in [-0.2, 0) is 11.2 Å². The van der Waals surface area contributed by atoms with E-state index in [2.05, 4.69) is 17.1 Å². The summed E-state index contributed by atoms with van der Waals surface area (Å²) >= 11 is 1.62. The molecule has 1 aliphatic rings. The van der Waals surface area contributed by atoms with Gasteiger partial charge in [-0.2, -0.15) is 0 Å². The first kappa shape index (κ1) is 20.4. The molecule has 0 spiro atoms. The molecule has 2 heterocycles. The van der Waals surface area contributed by atoms with Gasteiger partial charge in [0.15, 0.2) is 5.78 Å². The Hall–Kier alpha value is -2.83. The molecule has 30 heavy (non-hydrogen) atoms. The Bertz CT molecular complexity index is 1030. The summed E-state index contributed by atoms with van der Waals surface area (Å²) in [7, 11) is 0. The van der Waals surface area contributed by atoms with Gasteiger partial charge in [-0.1, -0.05) is 42.5 Å². The zero-order valence-electron chi connectivity index (χ0n) is 16.8. The number of aromatic nitrogens is 1. The maximum Gasteiger partial charge on any atom is 0.254 e. The average molecular weight is 421 g/mol. The molecule has 1 aliphatic heterocycles. The van der Waals surface area contributed by atoms with E-state index >= 15 is 0 Å². The van der Waals surface area contributed by atoms with Crippen LogP contribution < -0.4 is 0 Å². The highest BCUT2D eigenvalue weighted by Gasteiger charge is 2.38. The molecule has 1 aromatic heterocycles. The number of hydrogen-bond acceptors (Lipinski definition) is 5. The molecule has 0 bridgehead atoms. The number of thiazole rings is 1. The number of rotatable bonds is 6. The van der Waals surface area contributed by atoms with Crippen molar-refractivity contribution in [2.24, 2.45) is 0 Å². The topological polar surface area (TPSA) is 70.5 Å². The summed E-state index contributed by atoms with van der Waals surface area (Å²) in [6, 6.07) is 16.6. The van der Waals surface area contributed by atoms with E-state index in [0.29, 0.717) is 24.8 Å². The van der Waals surface area contributed by atoms with Crippen molar-refractivity contribution in [3.8, 4) is 10.4 Å². The van der Waals surface area contributed by atoms with Gasteiger partial charge in [0.25, 0.3) is 5.91 Å². The summed E-state index contributed by atoms with van der Waals surface area (Å²) in [6.45, 7) is 2.20. The number of ketones is 1. The number of carbonyl (C=O) groups excluding carboxylic acids is 2. The second-order valence-electron chi connectivity index (χ2n) is 7.66. The second-order valence-corrected chi connectivity index (χ2v) is 8.51. The number of amides is 1. The average Bonchev–Trinajstić information content (AvgIpc) is 3.38. The van der Waals surface area contributed by atoms with Gasteiger partial charge in [0, 0.05) is 24.9 Å². The van der Waals surface area contributed by atoms with E-state index < -0.39 is 12.1 Å². The molecule has 154 valence electrons. The Morgan fingerprint density at radius 3 is 2.53 bits per heavy atom. The van der Waals surface area contributed by atoms with Gasteiger partial charge in [0.05, 0.1) is 28.2 Å². The third-order valence-corrected chi connectivity index (χ3v) is 6.53. The molecule has 0 radical (unpaired) electrons. The minimum Gasteiger partial charge on any atom is -0.391 e. The molecule has 5 nitrogen and oxygen atoms in total. The summed E-state index contributed by atoms with van der Waals surface area (Å²) in [5, 5.41) is 10.1. The first-order valence-corrected chi connectivity index (χ1v) is 11.0. The molecule has 2 atom stereocenters. The van der Waals surface area contributed by atoms with Crippen LogP contribution in [0.15, 0.2) is 60.1 Å². The van der Waals surface area contributed by atoms with Crippen molar-refractivity contribution in [3.05, 3.63) is 76.9 Å². The van der Waals surface area contributed by atoms with Crippen molar-refractivity contribution in [3.63, 3.8) is 0 Å². The van der Waals surface area contributed by atoms with Gasteiger partial charge < -0.3 is 10.0 Å². The molecule has 0 unspecified atom stereocenters. The lowest BCUT2D eigenvalue weighted by molar-refractivity contribution is -0.122. The summed E-state index contributed by atoms with van der Waals surface area (Å²) in [6.07, 6.45) is 0.602. The molecule has 3 aromatic rings. The van der Waals surface area contributed by atoms with Gasteiger partial charge in [-0.05, 0) is 36.6 Å². The lowest BCUT2D eigenvalue weighted by Crippen LogP contribution is -2.40. The Morgan fingerprint density at radius 1 is 1.13 bits per heavy atom. The van der Waals surface area contributed by atoms with Crippen molar-refractivity contribution >= 4 is 23.0 Å². The fraction of sp³-hybridized carbons (Fsp3) is 0.292. The molecule has 1 saturated heterocycles. The van der Waals surface area contributed by atoms with Crippen molar-refractivity contribution in [1.29, 1.82) is 0 Å². The highest BCUT2D eigenvalue weighted by Crippen LogP contribution is 2.28. The smallest absolute Gasteiger partial charge is 0.254 e. The fourth-order valence-corrected chi connectivity index (χ4v) is 4.74. The summed E-state index contributed by atoms with van der Waals surface area (Å²) in [5.41, 5.74) is 5.61. The maximum atomic E-state index is 12.9. The van der Waals surface area contributed by atoms with Crippen molar-refractivity contribution in [1.82, 2.24) is 9.88 Å². The number of aliphatic hydroxyl groups is 1. The minimum absolute atomic E-state index is 0.00166. The van der Waals surface area contributed by atoms with Crippen LogP contribution in [0.4, 0.5) is 0 Å². The number of benzene rings is 2. The van der Waals surface area contributed by atoms with Gasteiger partial charge in [-0.25, -0.2) is 4.98 Å². The molecule has 2 aromatic carbocycles. The molecule has 1 amide bonds. The number of carbonyl (C=O) groups is 2. The largest absolute Gasteiger partial charge is 0.391 e. The van der Waals surface area contributed by atoms with Gasteiger partial charge in [-0.3, -0.25) is 9.59 Å². The van der Waals surface area contributed by atoms with Crippen LogP contribution in [0.1, 0.15) is 34.5 Å². The lowest BCUT2D eigenvalue weighted by Gasteiger charge is -2.23. The summed E-state index contributed by atoms with van der Waals surface area (Å²) in [5.74, 6) is -0.201. The number of aliphatic hydroxyl groups excluding tert-OH is 1. The van der Waals surface area contributed by atoms with Crippen LogP contribution in [-0.4, -0.2) is 45.4 Å². The van der Waals surface area contributed by atoms with E-state index in [4.69, 9.17) is 0 Å². The standard InChI is InChI=1S/C24H24N2O3S/c1-16-23(30-15-25-16)18-10-7-17(8-11-18)9-12-22(28)21-13-20(27)14-26(21)24(29)19-5-3-2-4-6-19/h2-8,10-11,15,20-21,27H,9,12-14H2,1H3/t20-,21+/m1/s1. The van der Waals surface area contributed by atoms with Gasteiger partial charge in [0.1, 0.15) is 0 Å². The van der Waals surface area contributed by atoms with Crippen LogP contribution >= 0.6 is 11.3 Å². The van der Waals surface area contributed by atoms with E-state index in [-0.39, 0.29) is 18.2 Å². The number of β-amino-alcohol motifs (C(OH)–C–C–N with tert-alkyl or cyclic N) is 1. The Balaban J connectivity index is 1.40. The predicted molar refractivity (Wildman–Crippen MR) is 118 cm³/mol. The van der Waals surface area contributed by atoms with Crippen molar-refractivity contribution in [2.45, 2.75) is 38.3 Å². The molecule has 0 saturated carbocycles. The number of nitrogens with zero attached hydrogens (tertiary/aromatic N) is 2. The van der Waals surface area contributed by atoms with Crippen LogP contribution in [0.2, 0.25) is 0 Å². The maximum absolute atomic E-state index is 12.9. The Labute approximate surface area is 180 Å². The van der Waals surface area contributed by atoms with E-state index in [0.717, 1.165) is 21.7 Å². The third kappa shape index (κ3) is 4.35. The number of aryl methyl sites for hydroxylation is 2. The quantitative estimate of drug-likeness (QED) is 0.657. The highest BCUT2D eigenvalue weighted by atomic mass is 32.1. The molecule has 1 fully saturated rings. The third-order valence-electron chi connectivity index (χ3n) is 5.55. The van der Waals surface area contributed by atoms with Crippen LogP contribution in [0.5, 0.6) is 0 Å². The van der Waals surface area contributed by atoms with E-state index in [1.807, 2.05) is 30.6 Å². The second kappa shape index (κ2) is 8.90. The van der Waals surface area contributed by atoms with E-state index in [9.17, 15) is 14.7 Å². The predicted octanol–water partition coefficient (Wildman–Crippen LogP) is 3.90. The lowest BCUT2D eigenvalue weighted by atomic mass is 10.00. The first-order chi connectivity index (χ1) is 14.5. The van der Waals surface area contributed by atoms with Crippen molar-refractivity contribution in [2.75, 3.05) is 6.54 Å². The highest BCUT2D eigenvalue weighted by molar-refractivity contribution is 7.13.